The molecule has 3 N–H and O–H groups in total. The molecule has 7 nitrogen and oxygen atoms in total. The van der Waals surface area contributed by atoms with Crippen molar-refractivity contribution < 1.29 is 19.5 Å². The van der Waals surface area contributed by atoms with Gasteiger partial charge < -0.3 is 20.6 Å². The summed E-state index contributed by atoms with van der Waals surface area (Å²) in [6.07, 6.45) is 0.495. The van der Waals surface area contributed by atoms with Crippen LogP contribution in [0.1, 0.15) is 27.2 Å². The number of amides is 3. The summed E-state index contributed by atoms with van der Waals surface area (Å²) in [5.74, 6) is -1.52. The van der Waals surface area contributed by atoms with Gasteiger partial charge in [-0.1, -0.05) is 0 Å². The highest BCUT2D eigenvalue weighted by molar-refractivity contribution is 5.87. The summed E-state index contributed by atoms with van der Waals surface area (Å²) in [5.41, 5.74) is 3.28. The van der Waals surface area contributed by atoms with Crippen LogP contribution in [0.2, 0.25) is 0 Å². The Bertz CT molecular complexity index is 421. The molecule has 0 radical (unpaired) electrons. The fourth-order valence-electron chi connectivity index (χ4n) is 1.92. The van der Waals surface area contributed by atoms with E-state index >= 15 is 0 Å². The summed E-state index contributed by atoms with van der Waals surface area (Å²) in [4.78, 5) is 37.4. The number of nitrogens with two attached hydrogens (primary N) is 1. The zero-order chi connectivity index (χ0) is 15.0. The van der Waals surface area contributed by atoms with E-state index in [0.717, 1.165) is 0 Å². The third kappa shape index (κ3) is 2.64. The van der Waals surface area contributed by atoms with Crippen LogP contribution < -0.4 is 5.73 Å². The summed E-state index contributed by atoms with van der Waals surface area (Å²) in [7, 11) is 1.44. The van der Waals surface area contributed by atoms with E-state index < -0.39 is 28.9 Å². The van der Waals surface area contributed by atoms with Crippen LogP contribution in [0.15, 0.2) is 0 Å². The molecular weight excluding hydrogens is 250 g/mol. The normalized spacial score (nSPS) is 23.3. The number of likely N-dealkylation sites (N-methyl/N-ethyl adjacent to an activating group) is 1. The molecule has 1 rings (SSSR count). The number of carbonyl (C=O) groups is 3. The van der Waals surface area contributed by atoms with Gasteiger partial charge in [0.2, 0.25) is 5.91 Å². The van der Waals surface area contributed by atoms with Crippen LogP contribution >= 0.6 is 0 Å². The van der Waals surface area contributed by atoms with Gasteiger partial charge in [0, 0.05) is 20.1 Å². The highest BCUT2D eigenvalue weighted by Crippen LogP contribution is 2.30. The molecule has 1 saturated heterocycles. The van der Waals surface area contributed by atoms with E-state index in [9.17, 15) is 14.4 Å². The van der Waals surface area contributed by atoms with Gasteiger partial charge in [0.1, 0.15) is 5.54 Å². The number of hydrogen-bond acceptors (Lipinski definition) is 3. The maximum atomic E-state index is 12.2. The molecule has 0 aromatic heterocycles. The smallest absolute Gasteiger partial charge is 0.329 e. The fourth-order valence-corrected chi connectivity index (χ4v) is 1.92. The minimum atomic E-state index is -1.30. The first kappa shape index (κ1) is 15.3. The summed E-state index contributed by atoms with van der Waals surface area (Å²) in [6.45, 7) is 5.25. The lowest BCUT2D eigenvalue weighted by atomic mass is 9.89. The van der Waals surface area contributed by atoms with Crippen LogP contribution in [0.25, 0.3) is 0 Å². The van der Waals surface area contributed by atoms with Crippen molar-refractivity contribution in [2.24, 2.45) is 11.1 Å². The molecule has 1 fully saturated rings. The van der Waals surface area contributed by atoms with Crippen molar-refractivity contribution in [1.82, 2.24) is 9.80 Å². The molecule has 19 heavy (non-hydrogen) atoms. The Hall–Kier alpha value is -1.79. The molecular formula is C12H21N3O4. The van der Waals surface area contributed by atoms with Crippen molar-refractivity contribution in [1.29, 1.82) is 0 Å². The van der Waals surface area contributed by atoms with Gasteiger partial charge in [-0.05, 0) is 27.2 Å². The summed E-state index contributed by atoms with van der Waals surface area (Å²) in [5, 5.41) is 9.11. The number of primary amides is 1. The number of carboxylic acid groups (broad SMARTS) is 1. The first-order valence-electron chi connectivity index (χ1n) is 6.08. The monoisotopic (exact) mass is 271 g/mol. The predicted octanol–water partition coefficient (Wildman–Crippen LogP) is 0.0987. The Morgan fingerprint density at radius 2 is 1.89 bits per heavy atom. The minimum Gasteiger partial charge on any atom is -0.480 e. The molecule has 7 heteroatoms. The summed E-state index contributed by atoms with van der Waals surface area (Å²) in [6, 6.07) is -0.405. The van der Waals surface area contributed by atoms with Crippen LogP contribution in [0.3, 0.4) is 0 Å². The topological polar surface area (TPSA) is 104 Å². The van der Waals surface area contributed by atoms with Gasteiger partial charge in [0.05, 0.1) is 5.41 Å². The lowest BCUT2D eigenvalue weighted by molar-refractivity contribution is -0.147. The van der Waals surface area contributed by atoms with Gasteiger partial charge in [0.15, 0.2) is 0 Å². The van der Waals surface area contributed by atoms with Crippen LogP contribution in [0.4, 0.5) is 4.79 Å². The van der Waals surface area contributed by atoms with Crippen molar-refractivity contribution in [3.63, 3.8) is 0 Å². The quantitative estimate of drug-likeness (QED) is 0.759. The van der Waals surface area contributed by atoms with Crippen molar-refractivity contribution in [3.05, 3.63) is 0 Å². The predicted molar refractivity (Wildman–Crippen MR) is 68.4 cm³/mol. The Kier molecular flexibility index (Phi) is 3.79. The second kappa shape index (κ2) is 4.71. The molecule has 0 saturated carbocycles. The van der Waals surface area contributed by atoms with Gasteiger partial charge in [-0.25, -0.2) is 9.59 Å². The molecule has 0 aromatic rings. The molecule has 0 aliphatic carbocycles. The fraction of sp³-hybridized carbons (Fsp3) is 0.750. The van der Waals surface area contributed by atoms with E-state index in [4.69, 9.17) is 10.8 Å². The Morgan fingerprint density at radius 3 is 2.26 bits per heavy atom. The number of hydrogen-bond donors (Lipinski definition) is 2. The van der Waals surface area contributed by atoms with Gasteiger partial charge in [-0.2, -0.15) is 0 Å². The average Bonchev–Trinajstić information content (AvgIpc) is 2.71. The molecule has 1 atom stereocenters. The van der Waals surface area contributed by atoms with Crippen molar-refractivity contribution in [2.75, 3.05) is 20.1 Å². The maximum Gasteiger partial charge on any atom is 0.329 e. The molecule has 3 amide bonds. The highest BCUT2D eigenvalue weighted by atomic mass is 16.4. The van der Waals surface area contributed by atoms with Crippen molar-refractivity contribution >= 4 is 17.9 Å². The third-order valence-electron chi connectivity index (χ3n) is 3.99. The van der Waals surface area contributed by atoms with E-state index in [2.05, 4.69) is 0 Å². The number of urea groups is 1. The molecule has 0 spiro atoms. The van der Waals surface area contributed by atoms with Crippen molar-refractivity contribution in [2.45, 2.75) is 32.7 Å². The molecule has 1 aliphatic rings. The number of rotatable bonds is 3. The second-order valence-electron chi connectivity index (χ2n) is 5.80. The van der Waals surface area contributed by atoms with Crippen LogP contribution in [-0.4, -0.2) is 58.5 Å². The molecule has 0 aromatic carbocycles. The third-order valence-corrected chi connectivity index (χ3v) is 3.99. The van der Waals surface area contributed by atoms with E-state index in [1.54, 1.807) is 6.92 Å². The Morgan fingerprint density at radius 1 is 1.37 bits per heavy atom. The van der Waals surface area contributed by atoms with E-state index in [0.29, 0.717) is 13.0 Å². The summed E-state index contributed by atoms with van der Waals surface area (Å²) >= 11 is 0. The van der Waals surface area contributed by atoms with E-state index in [1.807, 2.05) is 0 Å². The lowest BCUT2D eigenvalue weighted by Crippen LogP contribution is -2.55. The van der Waals surface area contributed by atoms with E-state index in [-0.39, 0.29) is 6.54 Å². The molecule has 0 bridgehead atoms. The first-order chi connectivity index (χ1) is 8.52. The van der Waals surface area contributed by atoms with E-state index in [1.165, 1.54) is 30.7 Å². The largest absolute Gasteiger partial charge is 0.480 e. The maximum absolute atomic E-state index is 12.2. The SMILES string of the molecule is CN(C(=O)N1CCC(C)(C(N)=O)C1)C(C)(C)C(=O)O. The lowest BCUT2D eigenvalue weighted by Gasteiger charge is -2.35. The van der Waals surface area contributed by atoms with Gasteiger partial charge in [-0.15, -0.1) is 0 Å². The summed E-state index contributed by atoms with van der Waals surface area (Å²) < 4.78 is 0. The van der Waals surface area contributed by atoms with Crippen LogP contribution in [-0.2, 0) is 9.59 Å². The molecule has 1 heterocycles. The van der Waals surface area contributed by atoms with Gasteiger partial charge >= 0.3 is 12.0 Å². The number of aliphatic carboxylic acids is 1. The number of carbonyl (C=O) groups excluding carboxylic acids is 2. The Balaban J connectivity index is 2.82. The first-order valence-corrected chi connectivity index (χ1v) is 6.08. The molecule has 108 valence electrons. The number of nitrogens with zero attached hydrogens (tertiary/aromatic N) is 2. The zero-order valence-corrected chi connectivity index (χ0v) is 11.8. The average molecular weight is 271 g/mol. The molecule has 1 unspecified atom stereocenters. The molecule has 1 aliphatic heterocycles. The van der Waals surface area contributed by atoms with Gasteiger partial charge in [0.25, 0.3) is 0 Å². The standard InChI is InChI=1S/C12H21N3O4/c1-11(2,9(17)18)14(4)10(19)15-6-5-12(3,7-15)8(13)16/h5-7H2,1-4H3,(H2,13,16)(H,17,18). The van der Waals surface area contributed by atoms with Crippen LogP contribution in [0.5, 0.6) is 0 Å². The van der Waals surface area contributed by atoms with Crippen LogP contribution in [0, 0.1) is 5.41 Å². The number of carboxylic acids is 1. The van der Waals surface area contributed by atoms with Gasteiger partial charge in [-0.3, -0.25) is 4.79 Å². The number of likely N-dealkylation sites (tertiary alicyclic amines) is 1. The zero-order valence-electron chi connectivity index (χ0n) is 11.8. The minimum absolute atomic E-state index is 0.223. The highest BCUT2D eigenvalue weighted by Gasteiger charge is 2.44. The Labute approximate surface area is 112 Å². The second-order valence-corrected chi connectivity index (χ2v) is 5.80. The van der Waals surface area contributed by atoms with Crippen molar-refractivity contribution in [3.8, 4) is 0 Å².